The molecule has 0 heterocycles. The first-order valence-corrected chi connectivity index (χ1v) is 7.87. The van der Waals surface area contributed by atoms with E-state index < -0.39 is 6.10 Å². The summed E-state index contributed by atoms with van der Waals surface area (Å²) in [5, 5.41) is 11.8. The molecule has 0 aliphatic heterocycles. The van der Waals surface area contributed by atoms with Crippen molar-refractivity contribution in [1.29, 1.82) is 0 Å². The fraction of sp³-hybridized carbons (Fsp3) is 0.625. The van der Waals surface area contributed by atoms with E-state index in [1.165, 1.54) is 12.8 Å². The topological polar surface area (TPSA) is 20.2 Å². The van der Waals surface area contributed by atoms with Gasteiger partial charge in [-0.3, -0.25) is 0 Å². The molecule has 0 bridgehead atoms. The monoisotopic (exact) mass is 300 g/mol. The fourth-order valence-electron chi connectivity index (χ4n) is 3.12. The molecule has 0 aromatic heterocycles. The van der Waals surface area contributed by atoms with Gasteiger partial charge in [-0.25, -0.2) is 0 Å². The number of aliphatic hydroxyl groups excluding tert-OH is 1. The van der Waals surface area contributed by atoms with Gasteiger partial charge in [-0.15, -0.1) is 0 Å². The second-order valence-corrected chi connectivity index (χ2v) is 6.87. The Morgan fingerprint density at radius 1 is 1.05 bits per heavy atom. The predicted octanol–water partition coefficient (Wildman–Crippen LogP) is 5.49. The number of hydrogen-bond acceptors (Lipinski definition) is 1. The molecular weight excluding hydrogens is 279 g/mol. The molecule has 1 aliphatic rings. The van der Waals surface area contributed by atoms with E-state index in [1.807, 2.05) is 0 Å². The van der Waals surface area contributed by atoms with Gasteiger partial charge < -0.3 is 5.11 Å². The number of rotatable bonds is 3. The number of hydrogen-bond donors (Lipinski definition) is 1. The van der Waals surface area contributed by atoms with Gasteiger partial charge in [0.15, 0.2) is 0 Å². The fourth-order valence-corrected chi connectivity index (χ4v) is 3.53. The summed E-state index contributed by atoms with van der Waals surface area (Å²) >= 11 is 12.2. The highest BCUT2D eigenvalue weighted by atomic mass is 35.5. The van der Waals surface area contributed by atoms with Crippen molar-refractivity contribution in [1.82, 2.24) is 0 Å². The van der Waals surface area contributed by atoms with Gasteiger partial charge in [0.05, 0.1) is 6.10 Å². The Bertz CT molecular complexity index is 423. The maximum Gasteiger partial charge on any atom is 0.0833 e. The molecule has 0 spiro atoms. The van der Waals surface area contributed by atoms with Crippen LogP contribution in [0.25, 0.3) is 0 Å². The van der Waals surface area contributed by atoms with E-state index in [4.69, 9.17) is 23.2 Å². The standard InChI is InChI=1S/C16H22Cl2O/c1-10(2)11-3-5-12(6-4-11)16(19)14-9-13(17)7-8-15(14)18/h7-12,16,19H,3-6H2,1-2H3. The Morgan fingerprint density at radius 3 is 2.21 bits per heavy atom. The van der Waals surface area contributed by atoms with Gasteiger partial charge >= 0.3 is 0 Å². The first kappa shape index (κ1) is 15.2. The van der Waals surface area contributed by atoms with Crippen LogP contribution in [0.4, 0.5) is 0 Å². The van der Waals surface area contributed by atoms with Crippen LogP contribution in [0.3, 0.4) is 0 Å². The van der Waals surface area contributed by atoms with E-state index in [0.717, 1.165) is 30.2 Å². The Morgan fingerprint density at radius 2 is 1.63 bits per heavy atom. The minimum atomic E-state index is -0.487. The summed E-state index contributed by atoms with van der Waals surface area (Å²) in [7, 11) is 0. The Kier molecular flexibility index (Phi) is 5.16. The molecule has 1 atom stereocenters. The first-order chi connectivity index (χ1) is 8.99. The largest absolute Gasteiger partial charge is 0.388 e. The van der Waals surface area contributed by atoms with Crippen LogP contribution in [0.2, 0.25) is 10.0 Å². The van der Waals surface area contributed by atoms with Crippen molar-refractivity contribution in [3.8, 4) is 0 Å². The molecule has 1 aromatic carbocycles. The van der Waals surface area contributed by atoms with Gasteiger partial charge in [-0.05, 0) is 61.6 Å². The van der Waals surface area contributed by atoms with Gasteiger partial charge in [0.25, 0.3) is 0 Å². The molecule has 19 heavy (non-hydrogen) atoms. The van der Waals surface area contributed by atoms with Crippen molar-refractivity contribution < 1.29 is 5.11 Å². The minimum absolute atomic E-state index is 0.311. The van der Waals surface area contributed by atoms with Crippen molar-refractivity contribution in [3.05, 3.63) is 33.8 Å². The zero-order valence-corrected chi connectivity index (χ0v) is 13.1. The average Bonchev–Trinajstić information content (AvgIpc) is 2.41. The van der Waals surface area contributed by atoms with Crippen LogP contribution in [-0.2, 0) is 0 Å². The van der Waals surface area contributed by atoms with Crippen LogP contribution >= 0.6 is 23.2 Å². The maximum absolute atomic E-state index is 10.5. The van der Waals surface area contributed by atoms with Crippen LogP contribution in [-0.4, -0.2) is 5.11 Å². The van der Waals surface area contributed by atoms with E-state index in [9.17, 15) is 5.11 Å². The first-order valence-electron chi connectivity index (χ1n) is 7.12. The molecule has 1 aliphatic carbocycles. The Labute approximate surface area is 125 Å². The second-order valence-electron chi connectivity index (χ2n) is 6.03. The van der Waals surface area contributed by atoms with Gasteiger partial charge in [0.1, 0.15) is 0 Å². The zero-order chi connectivity index (χ0) is 14.0. The van der Waals surface area contributed by atoms with Gasteiger partial charge in [-0.1, -0.05) is 37.0 Å². The zero-order valence-electron chi connectivity index (χ0n) is 11.6. The molecule has 1 fully saturated rings. The van der Waals surface area contributed by atoms with Crippen molar-refractivity contribution in [2.24, 2.45) is 17.8 Å². The van der Waals surface area contributed by atoms with E-state index in [2.05, 4.69) is 13.8 Å². The van der Waals surface area contributed by atoms with E-state index >= 15 is 0 Å². The molecule has 1 saturated carbocycles. The lowest BCUT2D eigenvalue weighted by Crippen LogP contribution is -2.23. The third-order valence-electron chi connectivity index (χ3n) is 4.48. The quantitative estimate of drug-likeness (QED) is 0.782. The molecule has 0 radical (unpaired) electrons. The third kappa shape index (κ3) is 3.65. The summed E-state index contributed by atoms with van der Waals surface area (Å²) in [6.07, 6.45) is 4.08. The van der Waals surface area contributed by atoms with Crippen molar-refractivity contribution in [2.75, 3.05) is 0 Å². The van der Waals surface area contributed by atoms with Crippen molar-refractivity contribution in [2.45, 2.75) is 45.6 Å². The average molecular weight is 301 g/mol. The van der Waals surface area contributed by atoms with Crippen LogP contribution < -0.4 is 0 Å². The lowest BCUT2D eigenvalue weighted by atomic mass is 9.74. The molecule has 2 rings (SSSR count). The van der Waals surface area contributed by atoms with E-state index in [1.54, 1.807) is 18.2 Å². The SMILES string of the molecule is CC(C)C1CCC(C(O)c2cc(Cl)ccc2Cl)CC1. The highest BCUT2D eigenvalue weighted by molar-refractivity contribution is 6.33. The summed E-state index contributed by atoms with van der Waals surface area (Å²) < 4.78 is 0. The number of aliphatic hydroxyl groups is 1. The van der Waals surface area contributed by atoms with Crippen LogP contribution in [0, 0.1) is 17.8 Å². The molecule has 0 saturated heterocycles. The van der Waals surface area contributed by atoms with E-state index in [0.29, 0.717) is 16.0 Å². The van der Waals surface area contributed by atoms with E-state index in [-0.39, 0.29) is 0 Å². The van der Waals surface area contributed by atoms with Crippen LogP contribution in [0.15, 0.2) is 18.2 Å². The predicted molar refractivity (Wildman–Crippen MR) is 81.7 cm³/mol. The van der Waals surface area contributed by atoms with Gasteiger partial charge in [0, 0.05) is 15.6 Å². The smallest absolute Gasteiger partial charge is 0.0833 e. The molecule has 1 N–H and O–H groups in total. The highest BCUT2D eigenvalue weighted by Gasteiger charge is 2.29. The molecule has 106 valence electrons. The van der Waals surface area contributed by atoms with Gasteiger partial charge in [0.2, 0.25) is 0 Å². The lowest BCUT2D eigenvalue weighted by molar-refractivity contribution is 0.0669. The van der Waals surface area contributed by atoms with Gasteiger partial charge in [-0.2, -0.15) is 0 Å². The number of benzene rings is 1. The van der Waals surface area contributed by atoms with Crippen LogP contribution in [0.1, 0.15) is 51.2 Å². The molecular formula is C16H22Cl2O. The highest BCUT2D eigenvalue weighted by Crippen LogP contribution is 2.41. The number of halogens is 2. The summed E-state index contributed by atoms with van der Waals surface area (Å²) in [5.41, 5.74) is 0.780. The van der Waals surface area contributed by atoms with Crippen molar-refractivity contribution in [3.63, 3.8) is 0 Å². The summed E-state index contributed by atoms with van der Waals surface area (Å²) in [4.78, 5) is 0. The lowest BCUT2D eigenvalue weighted by Gasteiger charge is -2.33. The Balaban J connectivity index is 2.05. The Hall–Kier alpha value is -0.240. The second kappa shape index (κ2) is 6.47. The summed E-state index contributed by atoms with van der Waals surface area (Å²) in [5.74, 6) is 1.86. The summed E-state index contributed by atoms with van der Waals surface area (Å²) in [6, 6.07) is 5.32. The van der Waals surface area contributed by atoms with Crippen LogP contribution in [0.5, 0.6) is 0 Å². The maximum atomic E-state index is 10.5. The molecule has 1 unspecified atom stereocenters. The minimum Gasteiger partial charge on any atom is -0.388 e. The normalized spacial score (nSPS) is 25.6. The summed E-state index contributed by atoms with van der Waals surface area (Å²) in [6.45, 7) is 4.57. The molecule has 3 heteroatoms. The van der Waals surface area contributed by atoms with Crippen molar-refractivity contribution >= 4 is 23.2 Å². The molecule has 1 aromatic rings. The molecule has 1 nitrogen and oxygen atoms in total. The molecule has 0 amide bonds. The third-order valence-corrected chi connectivity index (χ3v) is 5.06.